The van der Waals surface area contributed by atoms with E-state index in [1.807, 2.05) is 21.1 Å². The lowest BCUT2D eigenvalue weighted by Gasteiger charge is -2.24. The summed E-state index contributed by atoms with van der Waals surface area (Å²) in [7, 11) is 1.48. The zero-order chi connectivity index (χ0) is 57.0. The molecule has 0 fully saturated rings. The lowest BCUT2D eigenvalue weighted by Crippen LogP contribution is -2.37. The van der Waals surface area contributed by atoms with E-state index >= 15 is 0 Å². The Morgan fingerprint density at radius 2 is 0.731 bits per heavy atom. The fourth-order valence-corrected chi connectivity index (χ4v) is 10.2. The van der Waals surface area contributed by atoms with Gasteiger partial charge in [-0.1, -0.05) is 280 Å². The van der Waals surface area contributed by atoms with E-state index in [1.165, 1.54) is 199 Å². The molecule has 78 heavy (non-hydrogen) atoms. The van der Waals surface area contributed by atoms with Crippen molar-refractivity contribution in [1.82, 2.24) is 0 Å². The third kappa shape index (κ3) is 62.9. The highest BCUT2D eigenvalue weighted by molar-refractivity contribution is 7.47. The van der Waals surface area contributed by atoms with Gasteiger partial charge in [-0.15, -0.1) is 0 Å². The minimum absolute atomic E-state index is 0.0320. The first kappa shape index (κ1) is 75.7. The van der Waals surface area contributed by atoms with E-state index in [9.17, 15) is 19.0 Å². The highest BCUT2D eigenvalue weighted by Gasteiger charge is 2.27. The summed E-state index contributed by atoms with van der Waals surface area (Å²) in [6, 6.07) is 0. The number of nitrogens with zero attached hydrogens (tertiary/aromatic N) is 1. The number of ether oxygens (including phenoxy) is 2. The number of esters is 2. The van der Waals surface area contributed by atoms with Gasteiger partial charge in [0.2, 0.25) is 0 Å². The second-order valence-corrected chi connectivity index (χ2v) is 24.9. The van der Waals surface area contributed by atoms with Gasteiger partial charge in [0.1, 0.15) is 19.8 Å². The van der Waals surface area contributed by atoms with Crippen molar-refractivity contribution in [3.05, 3.63) is 60.8 Å². The second-order valence-electron chi connectivity index (χ2n) is 23.5. The lowest BCUT2D eigenvalue weighted by molar-refractivity contribution is -0.870. The summed E-state index contributed by atoms with van der Waals surface area (Å²) in [5, 5.41) is 0. The quantitative estimate of drug-likeness (QED) is 0.0211. The summed E-state index contributed by atoms with van der Waals surface area (Å²) >= 11 is 0. The molecule has 0 amide bonds. The molecule has 9 nitrogen and oxygen atoms in total. The maximum atomic E-state index is 12.8. The summed E-state index contributed by atoms with van der Waals surface area (Å²) in [5.74, 6) is -0.795. The van der Waals surface area contributed by atoms with Gasteiger partial charge in [0, 0.05) is 12.8 Å². The van der Waals surface area contributed by atoms with Gasteiger partial charge < -0.3 is 18.9 Å². The van der Waals surface area contributed by atoms with Gasteiger partial charge in [-0.2, -0.15) is 0 Å². The second kappa shape index (κ2) is 59.3. The molecule has 0 saturated carbocycles. The fraction of sp³-hybridized carbons (Fsp3) is 0.824. The number of phosphoric acid groups is 1. The molecule has 0 aromatic rings. The molecule has 2 unspecified atom stereocenters. The van der Waals surface area contributed by atoms with E-state index in [0.717, 1.165) is 77.0 Å². The Morgan fingerprint density at radius 3 is 1.10 bits per heavy atom. The molecule has 1 N–H and O–H groups in total. The molecule has 0 aromatic carbocycles. The standard InChI is InChI=1S/C68H126NO8P/c1-6-8-10-12-14-16-18-20-21-22-23-24-25-26-27-28-29-30-31-32-33-34-35-36-37-38-39-40-41-42-43-44-45-46-47-49-51-53-55-57-59-61-68(71)77-66(65-76-78(72,73)75-63-62-69(3,4)5)64-74-67(70)60-58-56-54-52-50-48-19-17-15-13-11-9-7-2/h8,10,14,16-17,19-21,23-24,66H,6-7,9,11-13,15,18,22,25-65H2,1-5H3/p+1/b10-8-,16-14-,19-17-,21-20-,24-23-. The highest BCUT2D eigenvalue weighted by atomic mass is 31.2. The Morgan fingerprint density at radius 1 is 0.410 bits per heavy atom. The first-order chi connectivity index (χ1) is 38.0. The normalized spacial score (nSPS) is 13.6. The van der Waals surface area contributed by atoms with Crippen LogP contribution in [0.4, 0.5) is 0 Å². The lowest BCUT2D eigenvalue weighted by atomic mass is 10.0. The number of hydrogen-bond donors (Lipinski definition) is 1. The summed E-state index contributed by atoms with van der Waals surface area (Å²) in [5.41, 5.74) is 0. The number of phosphoric ester groups is 1. The van der Waals surface area contributed by atoms with Crippen LogP contribution in [0.5, 0.6) is 0 Å². The van der Waals surface area contributed by atoms with E-state index in [4.69, 9.17) is 18.5 Å². The van der Waals surface area contributed by atoms with E-state index in [0.29, 0.717) is 17.4 Å². The summed E-state index contributed by atoms with van der Waals surface area (Å²) < 4.78 is 34.6. The van der Waals surface area contributed by atoms with Crippen molar-refractivity contribution in [1.29, 1.82) is 0 Å². The van der Waals surface area contributed by atoms with Crippen LogP contribution >= 0.6 is 7.82 Å². The van der Waals surface area contributed by atoms with Crippen molar-refractivity contribution in [2.24, 2.45) is 0 Å². The van der Waals surface area contributed by atoms with Crippen molar-refractivity contribution in [3.63, 3.8) is 0 Å². The van der Waals surface area contributed by atoms with Crippen molar-refractivity contribution in [2.75, 3.05) is 47.5 Å². The number of quaternary nitrogens is 1. The largest absolute Gasteiger partial charge is 0.472 e. The van der Waals surface area contributed by atoms with E-state index < -0.39 is 26.5 Å². The van der Waals surface area contributed by atoms with E-state index in [2.05, 4.69) is 74.6 Å². The molecule has 0 spiro atoms. The fourth-order valence-electron chi connectivity index (χ4n) is 9.48. The minimum Gasteiger partial charge on any atom is -0.462 e. The van der Waals surface area contributed by atoms with Crippen LogP contribution in [-0.2, 0) is 32.7 Å². The number of carbonyl (C=O) groups is 2. The Kier molecular flexibility index (Phi) is 57.6. The highest BCUT2D eigenvalue weighted by Crippen LogP contribution is 2.43. The van der Waals surface area contributed by atoms with Gasteiger partial charge >= 0.3 is 19.8 Å². The SMILES string of the molecule is CC/C=C\C/C=C\C/C=C\C/C=C\CCCCCCCCCCCCCCCCCCCCCCCCCCCCCCC(=O)OC(COC(=O)CCCCCCC/C=C\CCCCCC)COP(=O)(O)OCC[N+](C)(C)C. The molecule has 0 radical (unpaired) electrons. The molecule has 0 heterocycles. The van der Waals surface area contributed by atoms with Gasteiger partial charge in [-0.25, -0.2) is 4.57 Å². The Labute approximate surface area is 483 Å². The molecule has 456 valence electrons. The molecule has 0 aliphatic rings. The van der Waals surface area contributed by atoms with Gasteiger partial charge in [0.25, 0.3) is 0 Å². The summed E-state index contributed by atoms with van der Waals surface area (Å²) in [6.45, 7) is 4.33. The molecule has 0 aliphatic heterocycles. The molecule has 0 rings (SSSR count). The molecule has 10 heteroatoms. The van der Waals surface area contributed by atoms with Gasteiger partial charge in [-0.05, 0) is 77.0 Å². The summed E-state index contributed by atoms with van der Waals surface area (Å²) in [4.78, 5) is 35.6. The van der Waals surface area contributed by atoms with Crippen LogP contribution in [0, 0.1) is 0 Å². The van der Waals surface area contributed by atoms with Gasteiger partial charge in [0.15, 0.2) is 6.10 Å². The molecule has 0 aromatic heterocycles. The average Bonchev–Trinajstić information content (AvgIpc) is 3.40. The summed E-state index contributed by atoms with van der Waals surface area (Å²) in [6.07, 6.45) is 77.8. The number of carbonyl (C=O) groups excluding carboxylic acids is 2. The third-order valence-corrected chi connectivity index (χ3v) is 15.5. The molecule has 0 bridgehead atoms. The van der Waals surface area contributed by atoms with Crippen LogP contribution in [-0.4, -0.2) is 74.9 Å². The monoisotopic (exact) mass is 1120 g/mol. The molecule has 0 saturated heterocycles. The number of likely N-dealkylation sites (N-methyl/N-ethyl adjacent to an activating group) is 1. The Bertz CT molecular complexity index is 1500. The first-order valence-electron chi connectivity index (χ1n) is 33.0. The minimum atomic E-state index is -4.38. The van der Waals surface area contributed by atoms with E-state index in [-0.39, 0.29) is 32.0 Å². The van der Waals surface area contributed by atoms with Crippen LogP contribution in [0.3, 0.4) is 0 Å². The average molecular weight is 1120 g/mol. The Balaban J connectivity index is 3.84. The maximum absolute atomic E-state index is 12.8. The number of hydrogen-bond acceptors (Lipinski definition) is 7. The molecular formula is C68H127NO8P+. The van der Waals surface area contributed by atoms with Crippen molar-refractivity contribution in [2.45, 2.75) is 315 Å². The van der Waals surface area contributed by atoms with Gasteiger partial charge in [0.05, 0.1) is 27.7 Å². The van der Waals surface area contributed by atoms with Crippen LogP contribution in [0.2, 0.25) is 0 Å². The number of rotatable bonds is 61. The zero-order valence-corrected chi connectivity index (χ0v) is 52.8. The maximum Gasteiger partial charge on any atom is 0.472 e. The van der Waals surface area contributed by atoms with E-state index in [1.54, 1.807) is 0 Å². The predicted molar refractivity (Wildman–Crippen MR) is 335 cm³/mol. The van der Waals surface area contributed by atoms with Crippen molar-refractivity contribution < 1.29 is 42.1 Å². The Hall–Kier alpha value is -2.29. The first-order valence-corrected chi connectivity index (χ1v) is 34.5. The number of unbranched alkanes of at least 4 members (excludes halogenated alkanes) is 37. The van der Waals surface area contributed by atoms with Crippen molar-refractivity contribution in [3.8, 4) is 0 Å². The third-order valence-electron chi connectivity index (χ3n) is 14.5. The van der Waals surface area contributed by atoms with Crippen LogP contribution in [0.25, 0.3) is 0 Å². The van der Waals surface area contributed by atoms with Crippen LogP contribution in [0.15, 0.2) is 60.8 Å². The van der Waals surface area contributed by atoms with Crippen LogP contribution in [0.1, 0.15) is 309 Å². The predicted octanol–water partition coefficient (Wildman–Crippen LogP) is 21.0. The molecular weight excluding hydrogens is 990 g/mol. The number of allylic oxidation sites excluding steroid dienone is 10. The topological polar surface area (TPSA) is 108 Å². The van der Waals surface area contributed by atoms with Gasteiger partial charge in [-0.3, -0.25) is 18.6 Å². The molecule has 2 atom stereocenters. The molecule has 0 aliphatic carbocycles. The van der Waals surface area contributed by atoms with Crippen LogP contribution < -0.4 is 0 Å². The smallest absolute Gasteiger partial charge is 0.462 e. The zero-order valence-electron chi connectivity index (χ0n) is 51.9. The van der Waals surface area contributed by atoms with Crippen molar-refractivity contribution >= 4 is 19.8 Å².